The zero-order valence-corrected chi connectivity index (χ0v) is 20.1. The molecule has 2 aromatic carbocycles. The molecule has 0 bridgehead atoms. The van der Waals surface area contributed by atoms with E-state index in [9.17, 15) is 9.90 Å². The summed E-state index contributed by atoms with van der Waals surface area (Å²) in [6.45, 7) is 6.20. The van der Waals surface area contributed by atoms with E-state index < -0.39 is 18.3 Å². The lowest BCUT2D eigenvalue weighted by atomic mass is 9.92. The van der Waals surface area contributed by atoms with Gasteiger partial charge in [0.1, 0.15) is 6.10 Å². The Hall–Kier alpha value is -3.22. The molecule has 3 atom stereocenters. The first-order valence-corrected chi connectivity index (χ1v) is 11.7. The van der Waals surface area contributed by atoms with Gasteiger partial charge in [-0.05, 0) is 50.5 Å². The third-order valence-corrected chi connectivity index (χ3v) is 5.55. The van der Waals surface area contributed by atoms with Crippen molar-refractivity contribution in [2.24, 2.45) is 5.73 Å². The fourth-order valence-electron chi connectivity index (χ4n) is 4.09. The normalized spacial score (nSPS) is 14.2. The maximum Gasteiger partial charge on any atom is 0.404 e. The molecule has 6 heteroatoms. The smallest absolute Gasteiger partial charge is 0.404 e. The number of nitrogens with two attached hydrogens (primary N) is 1. The number of pyridine rings is 1. The molecular weight excluding hydrogens is 426 g/mol. The molecule has 0 unspecified atom stereocenters. The van der Waals surface area contributed by atoms with Crippen LogP contribution in [0.1, 0.15) is 38.3 Å². The van der Waals surface area contributed by atoms with Gasteiger partial charge >= 0.3 is 6.09 Å². The maximum absolute atomic E-state index is 11.5. The first-order chi connectivity index (χ1) is 16.2. The average molecular weight is 462 g/mol. The van der Waals surface area contributed by atoms with Crippen molar-refractivity contribution in [3.63, 3.8) is 0 Å². The van der Waals surface area contributed by atoms with E-state index in [-0.39, 0.29) is 18.0 Å². The fraction of sp³-hybridized carbons (Fsp3) is 0.357. The zero-order valence-electron chi connectivity index (χ0n) is 20.1. The van der Waals surface area contributed by atoms with Crippen molar-refractivity contribution in [1.82, 2.24) is 10.3 Å². The fourth-order valence-corrected chi connectivity index (χ4v) is 4.09. The second-order valence-corrected chi connectivity index (χ2v) is 9.67. The predicted octanol–water partition coefficient (Wildman–Crippen LogP) is 4.51. The van der Waals surface area contributed by atoms with Crippen LogP contribution in [0.5, 0.6) is 0 Å². The van der Waals surface area contributed by atoms with Crippen molar-refractivity contribution in [1.29, 1.82) is 0 Å². The van der Waals surface area contributed by atoms with Crippen molar-refractivity contribution < 1.29 is 14.6 Å². The minimum absolute atomic E-state index is 0.209. The highest BCUT2D eigenvalue weighted by molar-refractivity contribution is 5.64. The van der Waals surface area contributed by atoms with Gasteiger partial charge in [0, 0.05) is 36.2 Å². The van der Waals surface area contributed by atoms with Crippen molar-refractivity contribution in [3.8, 4) is 11.3 Å². The molecule has 6 nitrogen and oxygen atoms in total. The van der Waals surface area contributed by atoms with Gasteiger partial charge in [-0.3, -0.25) is 4.98 Å². The van der Waals surface area contributed by atoms with Crippen LogP contribution in [0.25, 0.3) is 11.3 Å². The maximum atomic E-state index is 11.5. The summed E-state index contributed by atoms with van der Waals surface area (Å²) in [6.07, 6.45) is 1.06. The summed E-state index contributed by atoms with van der Waals surface area (Å²) < 4.78 is 5.36. The quantitative estimate of drug-likeness (QED) is 0.413. The Morgan fingerprint density at radius 2 is 1.62 bits per heavy atom. The SMILES string of the molecule is CC(C)(C)N[C@@H](Cc1ccc(-c2ccccn2)cc1)[C@@H](O)C[C@H](Cc1ccccc1)OC(N)=O. The van der Waals surface area contributed by atoms with Crippen molar-refractivity contribution in [2.75, 3.05) is 0 Å². The topological polar surface area (TPSA) is 97.5 Å². The number of aliphatic hydroxyl groups is 1. The highest BCUT2D eigenvalue weighted by atomic mass is 16.6. The first kappa shape index (κ1) is 25.4. The molecule has 0 spiro atoms. The number of carbonyl (C=O) groups excluding carboxylic acids is 1. The number of rotatable bonds is 10. The summed E-state index contributed by atoms with van der Waals surface area (Å²) in [7, 11) is 0. The number of carbonyl (C=O) groups is 1. The molecule has 1 aromatic heterocycles. The molecule has 0 saturated carbocycles. The molecule has 180 valence electrons. The number of benzene rings is 2. The number of hydrogen-bond donors (Lipinski definition) is 3. The predicted molar refractivity (Wildman–Crippen MR) is 135 cm³/mol. The molecule has 0 fully saturated rings. The number of hydrogen-bond acceptors (Lipinski definition) is 5. The molecule has 0 aliphatic heterocycles. The van der Waals surface area contributed by atoms with Gasteiger partial charge in [0.05, 0.1) is 11.8 Å². The number of primary amides is 1. The molecule has 0 radical (unpaired) electrons. The van der Waals surface area contributed by atoms with E-state index in [0.29, 0.717) is 12.8 Å². The van der Waals surface area contributed by atoms with Gasteiger partial charge in [-0.15, -0.1) is 0 Å². The molecule has 1 amide bonds. The number of aliphatic hydroxyl groups excluding tert-OH is 1. The highest BCUT2D eigenvalue weighted by Crippen LogP contribution is 2.21. The van der Waals surface area contributed by atoms with Crippen LogP contribution < -0.4 is 11.1 Å². The number of nitrogens with zero attached hydrogens (tertiary/aromatic N) is 1. The van der Waals surface area contributed by atoms with Gasteiger partial charge in [-0.25, -0.2) is 4.79 Å². The monoisotopic (exact) mass is 461 g/mol. The molecule has 34 heavy (non-hydrogen) atoms. The summed E-state index contributed by atoms with van der Waals surface area (Å²) in [5.41, 5.74) is 9.19. The van der Waals surface area contributed by atoms with Gasteiger partial charge in [-0.2, -0.15) is 0 Å². The van der Waals surface area contributed by atoms with Crippen molar-refractivity contribution in [3.05, 3.63) is 90.1 Å². The van der Waals surface area contributed by atoms with Crippen LogP contribution in [0.4, 0.5) is 4.79 Å². The summed E-state index contributed by atoms with van der Waals surface area (Å²) >= 11 is 0. The van der Waals surface area contributed by atoms with Crippen molar-refractivity contribution in [2.45, 2.75) is 63.8 Å². The van der Waals surface area contributed by atoms with Crippen molar-refractivity contribution >= 4 is 6.09 Å². The molecular formula is C28H35N3O3. The van der Waals surface area contributed by atoms with Crippen LogP contribution in [-0.4, -0.2) is 40.0 Å². The lowest BCUT2D eigenvalue weighted by Crippen LogP contribution is -2.51. The number of nitrogens with one attached hydrogen (secondary N) is 1. The van der Waals surface area contributed by atoms with Crippen LogP contribution in [0.3, 0.4) is 0 Å². The van der Waals surface area contributed by atoms with E-state index in [2.05, 4.69) is 43.2 Å². The van der Waals surface area contributed by atoms with Crippen LogP contribution in [0, 0.1) is 0 Å². The van der Waals surface area contributed by atoms with Gasteiger partial charge in [0.15, 0.2) is 0 Å². The van der Waals surface area contributed by atoms with E-state index in [1.807, 2.05) is 60.7 Å². The Bertz CT molecular complexity index is 1020. The van der Waals surface area contributed by atoms with E-state index in [4.69, 9.17) is 10.5 Å². The highest BCUT2D eigenvalue weighted by Gasteiger charge is 2.28. The third-order valence-electron chi connectivity index (χ3n) is 5.55. The summed E-state index contributed by atoms with van der Waals surface area (Å²) in [4.78, 5) is 15.9. The first-order valence-electron chi connectivity index (χ1n) is 11.7. The van der Waals surface area contributed by atoms with Gasteiger partial charge in [0.25, 0.3) is 0 Å². The molecule has 4 N–H and O–H groups in total. The van der Waals surface area contributed by atoms with Gasteiger partial charge < -0.3 is 20.9 Å². The van der Waals surface area contributed by atoms with Crippen LogP contribution in [-0.2, 0) is 17.6 Å². The van der Waals surface area contributed by atoms with Gasteiger partial charge in [0.2, 0.25) is 0 Å². The van der Waals surface area contributed by atoms with Gasteiger partial charge in [-0.1, -0.05) is 60.7 Å². The molecule has 3 aromatic rings. The standard InChI is InChI=1S/C28H35N3O3/c1-28(2,3)31-25(18-21-12-14-22(15-13-21)24-11-7-8-16-30-24)26(32)19-23(34-27(29)33)17-20-9-5-4-6-10-20/h4-16,23,25-26,31-32H,17-19H2,1-3H3,(H2,29,33)/t23-,25-,26-/m0/s1. The summed E-state index contributed by atoms with van der Waals surface area (Å²) in [5.74, 6) is 0. The number of ether oxygens (including phenoxy) is 1. The molecule has 3 rings (SSSR count). The largest absolute Gasteiger partial charge is 0.446 e. The van der Waals surface area contributed by atoms with Crippen LogP contribution >= 0.6 is 0 Å². The zero-order chi connectivity index (χ0) is 24.6. The Labute approximate surface area is 202 Å². The Kier molecular flexibility index (Phi) is 8.79. The van der Waals surface area contributed by atoms with E-state index in [0.717, 1.165) is 22.4 Å². The molecule has 0 aliphatic rings. The lowest BCUT2D eigenvalue weighted by molar-refractivity contribution is 0.0374. The average Bonchev–Trinajstić information content (AvgIpc) is 2.79. The van der Waals surface area contributed by atoms with E-state index in [1.165, 1.54) is 0 Å². The lowest BCUT2D eigenvalue weighted by Gasteiger charge is -2.33. The Morgan fingerprint density at radius 1 is 0.971 bits per heavy atom. The molecule has 0 aliphatic carbocycles. The van der Waals surface area contributed by atoms with E-state index in [1.54, 1.807) is 6.20 Å². The molecule has 1 heterocycles. The minimum atomic E-state index is -0.835. The summed E-state index contributed by atoms with van der Waals surface area (Å²) in [6, 6.07) is 23.6. The van der Waals surface area contributed by atoms with Crippen LogP contribution in [0.15, 0.2) is 79.0 Å². The Balaban J connectivity index is 1.73. The second-order valence-electron chi connectivity index (χ2n) is 9.67. The summed E-state index contributed by atoms with van der Waals surface area (Å²) in [5, 5.41) is 14.8. The molecule has 0 saturated heterocycles. The number of aromatic nitrogens is 1. The van der Waals surface area contributed by atoms with E-state index >= 15 is 0 Å². The Morgan fingerprint density at radius 3 is 2.21 bits per heavy atom. The minimum Gasteiger partial charge on any atom is -0.446 e. The third kappa shape index (κ3) is 8.28. The van der Waals surface area contributed by atoms with Crippen LogP contribution in [0.2, 0.25) is 0 Å². The number of amides is 1. The second kappa shape index (κ2) is 11.8.